The molecular weight excluding hydrogens is 191 g/mol. The Kier molecular flexibility index (Phi) is 12.5. The van der Waals surface area contributed by atoms with Crippen LogP contribution in [0.25, 0.3) is 0 Å². The molecule has 54 valence electrons. The second kappa shape index (κ2) is 8.80. The monoisotopic (exact) mass is 202 g/mol. The molecule has 0 saturated carbocycles. The van der Waals surface area contributed by atoms with Crippen molar-refractivity contribution in [2.75, 3.05) is 13.1 Å². The van der Waals surface area contributed by atoms with E-state index in [0.29, 0.717) is 4.32 Å². The van der Waals surface area contributed by atoms with Gasteiger partial charge in [0.2, 0.25) is 0 Å². The quantitative estimate of drug-likeness (QED) is 0.239. The Hall–Kier alpha value is 1.71. The first-order chi connectivity index (χ1) is 4.20. The summed E-state index contributed by atoms with van der Waals surface area (Å²) in [5, 5.41) is 1.95. The van der Waals surface area contributed by atoms with E-state index in [9.17, 15) is 0 Å². The van der Waals surface area contributed by atoms with Gasteiger partial charge in [0.1, 0.15) is 0 Å². The summed E-state index contributed by atoms with van der Waals surface area (Å²) in [7, 11) is 0. The van der Waals surface area contributed by atoms with Crippen LogP contribution in [0.3, 0.4) is 0 Å². The SMILES string of the molecule is CCN(CC)NC(=S)[S-].[K+]. The van der Waals surface area contributed by atoms with E-state index < -0.39 is 0 Å². The third kappa shape index (κ3) is 7.81. The van der Waals surface area contributed by atoms with E-state index in [1.54, 1.807) is 0 Å². The van der Waals surface area contributed by atoms with Crippen LogP contribution in [-0.2, 0) is 12.6 Å². The van der Waals surface area contributed by atoms with E-state index in [1.807, 2.05) is 18.9 Å². The molecule has 0 saturated heterocycles. The number of hydrazine groups is 1. The van der Waals surface area contributed by atoms with Crippen LogP contribution >= 0.6 is 12.2 Å². The van der Waals surface area contributed by atoms with Crippen molar-refractivity contribution >= 4 is 29.2 Å². The number of hydrogen-bond donors (Lipinski definition) is 1. The maximum Gasteiger partial charge on any atom is 1.00 e. The first kappa shape index (κ1) is 14.2. The summed E-state index contributed by atoms with van der Waals surface area (Å²) in [6, 6.07) is 0. The molecule has 0 fully saturated rings. The van der Waals surface area contributed by atoms with Crippen LogP contribution in [0.1, 0.15) is 13.8 Å². The Bertz CT molecular complexity index is 95.6. The van der Waals surface area contributed by atoms with Gasteiger partial charge in [-0.05, 0) is 4.32 Å². The van der Waals surface area contributed by atoms with Gasteiger partial charge in [0.25, 0.3) is 0 Å². The molecule has 0 rings (SSSR count). The van der Waals surface area contributed by atoms with Gasteiger partial charge in [-0.25, -0.2) is 5.01 Å². The Morgan fingerprint density at radius 3 is 2.00 bits per heavy atom. The van der Waals surface area contributed by atoms with E-state index >= 15 is 0 Å². The van der Waals surface area contributed by atoms with E-state index in [4.69, 9.17) is 0 Å². The van der Waals surface area contributed by atoms with Crippen molar-refractivity contribution in [1.29, 1.82) is 0 Å². The molecular formula is C5H11KN2S2. The molecule has 10 heavy (non-hydrogen) atoms. The molecule has 0 atom stereocenters. The zero-order valence-electron chi connectivity index (χ0n) is 6.68. The number of thiocarbonyl (C=S) groups is 1. The maximum absolute atomic E-state index is 4.67. The Morgan fingerprint density at radius 2 is 1.90 bits per heavy atom. The van der Waals surface area contributed by atoms with Crippen LogP contribution in [0.5, 0.6) is 0 Å². The van der Waals surface area contributed by atoms with E-state index in [0.717, 1.165) is 13.1 Å². The maximum atomic E-state index is 4.67. The molecule has 0 aromatic rings. The Balaban J connectivity index is 0. The molecule has 0 aliphatic heterocycles. The number of nitrogens with zero attached hydrogens (tertiary/aromatic N) is 1. The van der Waals surface area contributed by atoms with Gasteiger partial charge in [-0.2, -0.15) is 0 Å². The fourth-order valence-corrected chi connectivity index (χ4v) is 0.769. The second-order valence-electron chi connectivity index (χ2n) is 1.57. The van der Waals surface area contributed by atoms with E-state index in [-0.39, 0.29) is 51.4 Å². The first-order valence-electron chi connectivity index (χ1n) is 2.93. The predicted molar refractivity (Wildman–Crippen MR) is 46.0 cm³/mol. The van der Waals surface area contributed by atoms with E-state index in [1.165, 1.54) is 0 Å². The molecule has 0 radical (unpaired) electrons. The summed E-state index contributed by atoms with van der Waals surface area (Å²) in [6.45, 7) is 5.94. The molecule has 5 heteroatoms. The van der Waals surface area contributed by atoms with Crippen molar-refractivity contribution in [3.63, 3.8) is 0 Å². The topological polar surface area (TPSA) is 15.3 Å². The molecule has 0 amide bonds. The average molecular weight is 202 g/mol. The number of hydrogen-bond acceptors (Lipinski definition) is 3. The van der Waals surface area contributed by atoms with Crippen molar-refractivity contribution < 1.29 is 51.4 Å². The van der Waals surface area contributed by atoms with Crippen LogP contribution in [-0.4, -0.2) is 22.4 Å². The number of rotatable bonds is 3. The molecule has 0 aromatic carbocycles. The van der Waals surface area contributed by atoms with Crippen molar-refractivity contribution in [3.8, 4) is 0 Å². The Labute approximate surface area is 116 Å². The van der Waals surface area contributed by atoms with Crippen LogP contribution in [0.4, 0.5) is 0 Å². The minimum Gasteiger partial charge on any atom is -0.410 e. The molecule has 0 unspecified atom stereocenters. The normalized spacial score (nSPS) is 8.70. The average Bonchev–Trinajstić information content (AvgIpc) is 1.82. The van der Waals surface area contributed by atoms with Gasteiger partial charge in [0.05, 0.1) is 0 Å². The Morgan fingerprint density at radius 1 is 1.50 bits per heavy atom. The zero-order chi connectivity index (χ0) is 7.28. The fraction of sp³-hybridized carbons (Fsp3) is 0.800. The molecule has 0 aliphatic rings. The third-order valence-electron chi connectivity index (χ3n) is 1.01. The summed E-state index contributed by atoms with van der Waals surface area (Å²) in [5.74, 6) is 0. The molecule has 0 bridgehead atoms. The van der Waals surface area contributed by atoms with Crippen LogP contribution in [0, 0.1) is 0 Å². The summed E-state index contributed by atoms with van der Waals surface area (Å²) in [6.07, 6.45) is 0. The molecule has 2 nitrogen and oxygen atoms in total. The van der Waals surface area contributed by atoms with Gasteiger partial charge in [-0.15, -0.1) is 0 Å². The van der Waals surface area contributed by atoms with Crippen molar-refractivity contribution in [2.24, 2.45) is 0 Å². The standard InChI is InChI=1S/C5H12N2S2.K/c1-3-7(4-2)6-5(8)9;/h3-4H2,1-2H3,(H2,6,8,9);/q;+1/p-1. The second-order valence-corrected chi connectivity index (χ2v) is 2.65. The minimum atomic E-state index is 0. The van der Waals surface area contributed by atoms with Gasteiger partial charge < -0.3 is 30.3 Å². The van der Waals surface area contributed by atoms with Crippen LogP contribution < -0.4 is 56.8 Å². The van der Waals surface area contributed by atoms with Crippen LogP contribution in [0.2, 0.25) is 0 Å². The van der Waals surface area contributed by atoms with Crippen LogP contribution in [0.15, 0.2) is 0 Å². The van der Waals surface area contributed by atoms with E-state index in [2.05, 4.69) is 30.3 Å². The summed E-state index contributed by atoms with van der Waals surface area (Å²) >= 11 is 9.33. The van der Waals surface area contributed by atoms with Crippen molar-refractivity contribution in [2.45, 2.75) is 13.8 Å². The summed E-state index contributed by atoms with van der Waals surface area (Å²) in [4.78, 5) is 0. The zero-order valence-corrected chi connectivity index (χ0v) is 11.4. The summed E-state index contributed by atoms with van der Waals surface area (Å²) < 4.78 is 0.415. The molecule has 0 heterocycles. The first-order valence-corrected chi connectivity index (χ1v) is 3.75. The smallest absolute Gasteiger partial charge is 0.410 e. The summed E-state index contributed by atoms with van der Waals surface area (Å²) in [5.41, 5.74) is 2.86. The van der Waals surface area contributed by atoms with Gasteiger partial charge in [-0.1, -0.05) is 13.8 Å². The third-order valence-corrected chi connectivity index (χ3v) is 1.20. The van der Waals surface area contributed by atoms with Gasteiger partial charge in [-0.3, -0.25) is 0 Å². The molecule has 0 aromatic heterocycles. The van der Waals surface area contributed by atoms with Crippen molar-refractivity contribution in [3.05, 3.63) is 0 Å². The van der Waals surface area contributed by atoms with Gasteiger partial charge in [0.15, 0.2) is 0 Å². The molecule has 1 N–H and O–H groups in total. The minimum absolute atomic E-state index is 0. The predicted octanol–water partition coefficient (Wildman–Crippen LogP) is -2.33. The largest absolute Gasteiger partial charge is 1.00 e. The number of nitrogens with one attached hydrogen (secondary N) is 1. The van der Waals surface area contributed by atoms with Gasteiger partial charge in [0, 0.05) is 13.1 Å². The molecule has 0 aliphatic carbocycles. The van der Waals surface area contributed by atoms with Gasteiger partial charge >= 0.3 is 51.4 Å². The fourth-order valence-electron chi connectivity index (χ4n) is 0.511. The molecule has 0 spiro atoms. The van der Waals surface area contributed by atoms with Crippen molar-refractivity contribution in [1.82, 2.24) is 10.4 Å².